The SMILES string of the molecule is [CH2-]CCC.[Cl][Ti+]. The molecule has 0 amide bonds. The molecule has 0 saturated heterocycles. The Kier molecular flexibility index (Phi) is 28.0. The fourth-order valence-corrected chi connectivity index (χ4v) is 0. The topological polar surface area (TPSA) is 0 Å². The monoisotopic (exact) mass is 140 g/mol. The van der Waals surface area contributed by atoms with Gasteiger partial charge in [0.05, 0.1) is 0 Å². The first kappa shape index (κ1) is 10.1. The predicted molar refractivity (Wildman–Crippen MR) is 26.1 cm³/mol. The van der Waals surface area contributed by atoms with Crippen molar-refractivity contribution in [3.05, 3.63) is 6.92 Å². The number of unbranched alkanes of at least 4 members (excludes halogenated alkanes) is 1. The van der Waals surface area contributed by atoms with E-state index in [9.17, 15) is 0 Å². The molecule has 0 aliphatic rings. The van der Waals surface area contributed by atoms with E-state index in [1.165, 1.54) is 25.8 Å². The van der Waals surface area contributed by atoms with E-state index in [1.54, 1.807) is 0 Å². The Labute approximate surface area is 55.5 Å². The normalized spacial score (nSPS) is 5.67. The van der Waals surface area contributed by atoms with Gasteiger partial charge < -0.3 is 6.92 Å². The predicted octanol–water partition coefficient (Wildman–Crippen LogP) is 2.31. The van der Waals surface area contributed by atoms with Gasteiger partial charge in [-0.15, -0.1) is 0 Å². The average molecular weight is 140 g/mol. The van der Waals surface area contributed by atoms with Crippen LogP contribution in [0.2, 0.25) is 0 Å². The van der Waals surface area contributed by atoms with Gasteiger partial charge in [0.2, 0.25) is 0 Å². The van der Waals surface area contributed by atoms with E-state index in [1.807, 2.05) is 0 Å². The summed E-state index contributed by atoms with van der Waals surface area (Å²) in [6, 6.07) is 0. The van der Waals surface area contributed by atoms with Crippen molar-refractivity contribution < 1.29 is 19.4 Å². The van der Waals surface area contributed by atoms with E-state index in [2.05, 4.69) is 23.2 Å². The number of halogens is 1. The number of rotatable bonds is 1. The van der Waals surface area contributed by atoms with E-state index in [-0.39, 0.29) is 0 Å². The first-order valence-electron chi connectivity index (χ1n) is 1.90. The summed E-state index contributed by atoms with van der Waals surface area (Å²) in [7, 11) is 4.64. The second kappa shape index (κ2) is 16.7. The summed E-state index contributed by atoms with van der Waals surface area (Å²) in [5.41, 5.74) is 0. The summed E-state index contributed by atoms with van der Waals surface area (Å²) in [4.78, 5) is 0. The number of hydrogen-bond acceptors (Lipinski definition) is 0. The summed E-state index contributed by atoms with van der Waals surface area (Å²) < 4.78 is 0. The van der Waals surface area contributed by atoms with Gasteiger partial charge >= 0.3 is 28.7 Å². The first-order chi connectivity index (χ1) is 2.91. The fraction of sp³-hybridized carbons (Fsp3) is 0.750. The molecule has 0 aliphatic carbocycles. The molecule has 0 aromatic carbocycles. The van der Waals surface area contributed by atoms with Gasteiger partial charge in [-0.25, -0.2) is 0 Å². The maximum atomic E-state index is 4.64. The van der Waals surface area contributed by atoms with E-state index in [0.29, 0.717) is 0 Å². The second-order valence-electron chi connectivity index (χ2n) is 0.854. The molecule has 36 valence electrons. The Morgan fingerprint density at radius 1 is 1.67 bits per heavy atom. The molecule has 6 heavy (non-hydrogen) atoms. The van der Waals surface area contributed by atoms with Gasteiger partial charge in [0.25, 0.3) is 0 Å². The van der Waals surface area contributed by atoms with Gasteiger partial charge in [0.1, 0.15) is 0 Å². The van der Waals surface area contributed by atoms with Crippen LogP contribution in [0.1, 0.15) is 19.8 Å². The minimum absolute atomic E-state index is 1.07. The van der Waals surface area contributed by atoms with Gasteiger partial charge in [-0.05, 0) is 0 Å². The zero-order chi connectivity index (χ0) is 5.41. The third-order valence-electron chi connectivity index (χ3n) is 0.354. The van der Waals surface area contributed by atoms with Crippen molar-refractivity contribution in [1.82, 2.24) is 0 Å². The Bertz CT molecular complexity index is 9.51. The Balaban J connectivity index is 0. The van der Waals surface area contributed by atoms with Gasteiger partial charge in [0.15, 0.2) is 0 Å². The first-order valence-corrected chi connectivity index (χ1v) is 4.04. The quantitative estimate of drug-likeness (QED) is 0.387. The summed E-state index contributed by atoms with van der Waals surface area (Å²) in [6.07, 6.45) is 2.28. The number of hydrogen-bond donors (Lipinski definition) is 0. The zero-order valence-corrected chi connectivity index (χ0v) is 6.32. The van der Waals surface area contributed by atoms with Crippen LogP contribution < -0.4 is 0 Å². The van der Waals surface area contributed by atoms with E-state index in [0.717, 1.165) is 6.42 Å². The summed E-state index contributed by atoms with van der Waals surface area (Å²) >= 11 is 1.47. The molecule has 0 fully saturated rings. The van der Waals surface area contributed by atoms with Crippen molar-refractivity contribution in [2.75, 3.05) is 0 Å². The van der Waals surface area contributed by atoms with Gasteiger partial charge in [-0.3, -0.25) is 0 Å². The van der Waals surface area contributed by atoms with Crippen LogP contribution in [0.3, 0.4) is 0 Å². The molecule has 2 heteroatoms. The van der Waals surface area contributed by atoms with Crippen molar-refractivity contribution in [3.63, 3.8) is 0 Å². The van der Waals surface area contributed by atoms with E-state index < -0.39 is 0 Å². The second-order valence-corrected chi connectivity index (χ2v) is 0.854. The molecule has 0 aromatic rings. The van der Waals surface area contributed by atoms with E-state index >= 15 is 0 Å². The third-order valence-corrected chi connectivity index (χ3v) is 0.354. The van der Waals surface area contributed by atoms with Gasteiger partial charge in [-0.1, -0.05) is 13.3 Å². The van der Waals surface area contributed by atoms with Crippen molar-refractivity contribution in [3.8, 4) is 0 Å². The van der Waals surface area contributed by atoms with Crippen LogP contribution in [0.4, 0.5) is 0 Å². The van der Waals surface area contributed by atoms with Crippen LogP contribution in [0.15, 0.2) is 0 Å². The average Bonchev–Trinajstić information content (AvgIpc) is 1.72. The van der Waals surface area contributed by atoms with Gasteiger partial charge in [-0.2, -0.15) is 6.42 Å². The van der Waals surface area contributed by atoms with Crippen LogP contribution in [-0.2, 0) is 19.4 Å². The molecule has 0 N–H and O–H groups in total. The van der Waals surface area contributed by atoms with Crippen molar-refractivity contribution in [1.29, 1.82) is 0 Å². The maximum absolute atomic E-state index is 4.64. The molecule has 0 aliphatic heterocycles. The molecular weight excluding hydrogens is 131 g/mol. The Morgan fingerprint density at radius 2 is 1.83 bits per heavy atom. The van der Waals surface area contributed by atoms with Crippen molar-refractivity contribution in [2.45, 2.75) is 19.8 Å². The van der Waals surface area contributed by atoms with Crippen LogP contribution in [0.5, 0.6) is 0 Å². The minimum atomic E-state index is 1.07. The zero-order valence-electron chi connectivity index (χ0n) is 4.00. The van der Waals surface area contributed by atoms with Crippen molar-refractivity contribution >= 4 is 9.30 Å². The van der Waals surface area contributed by atoms with Gasteiger partial charge in [0, 0.05) is 0 Å². The summed E-state index contributed by atoms with van der Waals surface area (Å²) in [6.45, 7) is 5.72. The standard InChI is InChI=1S/C4H9.ClH.Ti/c1-3-4-2;;/h1,3-4H2,2H3;1H;/q-1;;+2/p-1. The molecule has 0 rings (SSSR count). The Morgan fingerprint density at radius 3 is 1.83 bits per heavy atom. The van der Waals surface area contributed by atoms with Crippen LogP contribution in [-0.4, -0.2) is 0 Å². The summed E-state index contributed by atoms with van der Waals surface area (Å²) in [5.74, 6) is 0. The molecule has 0 nitrogen and oxygen atoms in total. The van der Waals surface area contributed by atoms with Crippen LogP contribution in [0, 0.1) is 6.92 Å². The van der Waals surface area contributed by atoms with Crippen LogP contribution >= 0.6 is 9.30 Å². The molecule has 0 atom stereocenters. The molecular formula is C4H9ClTi. The molecule has 0 saturated carbocycles. The molecule has 0 unspecified atom stereocenters. The molecule has 0 spiro atoms. The third kappa shape index (κ3) is 20.0. The molecule has 0 heterocycles. The summed E-state index contributed by atoms with van der Waals surface area (Å²) in [5, 5.41) is 0. The fourth-order valence-electron chi connectivity index (χ4n) is 0. The van der Waals surface area contributed by atoms with Crippen LogP contribution in [0.25, 0.3) is 0 Å². The molecule has 0 bridgehead atoms. The molecule has 0 aromatic heterocycles. The van der Waals surface area contributed by atoms with E-state index in [4.69, 9.17) is 0 Å². The van der Waals surface area contributed by atoms with Crippen molar-refractivity contribution in [2.24, 2.45) is 0 Å². The molecule has 0 radical (unpaired) electrons. The Hall–Kier alpha value is 1.00.